The fourth-order valence-electron chi connectivity index (χ4n) is 3.01. The monoisotopic (exact) mass is 239 g/mol. The molecule has 0 amide bonds. The molecule has 0 aromatic heterocycles. The summed E-state index contributed by atoms with van der Waals surface area (Å²) in [5.74, 6) is 0.962. The quantitative estimate of drug-likeness (QED) is 0.712. The van der Waals surface area contributed by atoms with Gasteiger partial charge in [-0.3, -0.25) is 0 Å². The molecule has 2 N–H and O–H groups in total. The minimum absolute atomic E-state index is 0.0224. The maximum absolute atomic E-state index is 9.62. The highest BCUT2D eigenvalue weighted by Crippen LogP contribution is 2.36. The van der Waals surface area contributed by atoms with E-state index >= 15 is 0 Å². The lowest BCUT2D eigenvalue weighted by molar-refractivity contribution is 0.0431. The summed E-state index contributed by atoms with van der Waals surface area (Å²) in [7, 11) is 0. The summed E-state index contributed by atoms with van der Waals surface area (Å²) in [5.41, 5.74) is -0.0224. The Bertz CT molecular complexity index is 263. The number of hydrogen-bond donors (Lipinski definition) is 2. The summed E-state index contributed by atoms with van der Waals surface area (Å²) in [6, 6.07) is 0.673. The van der Waals surface area contributed by atoms with Gasteiger partial charge in [0.05, 0.1) is 12.7 Å². The van der Waals surface area contributed by atoms with E-state index in [0.717, 1.165) is 31.8 Å². The summed E-state index contributed by atoms with van der Waals surface area (Å²) in [4.78, 5) is 0. The van der Waals surface area contributed by atoms with E-state index in [4.69, 9.17) is 4.74 Å². The molecule has 3 heteroatoms. The second-order valence-corrected chi connectivity index (χ2v) is 6.32. The summed E-state index contributed by atoms with van der Waals surface area (Å²) in [5, 5.41) is 13.2. The van der Waals surface area contributed by atoms with Gasteiger partial charge in [-0.2, -0.15) is 0 Å². The third-order valence-corrected chi connectivity index (χ3v) is 4.53. The highest BCUT2D eigenvalue weighted by molar-refractivity contribution is 5.01. The molecule has 0 saturated heterocycles. The summed E-state index contributed by atoms with van der Waals surface area (Å²) in [6.07, 6.45) is 10.2. The second-order valence-electron chi connectivity index (χ2n) is 6.32. The van der Waals surface area contributed by atoms with Gasteiger partial charge in [0, 0.05) is 18.2 Å². The van der Waals surface area contributed by atoms with Crippen LogP contribution in [0, 0.1) is 5.92 Å². The lowest BCUT2D eigenvalue weighted by Gasteiger charge is -2.28. The zero-order chi connectivity index (χ0) is 11.7. The SMILES string of the molecule is OCC1(NC2CC2)CCC(OCCC2CC2)C1. The molecule has 17 heavy (non-hydrogen) atoms. The van der Waals surface area contributed by atoms with E-state index < -0.39 is 0 Å². The van der Waals surface area contributed by atoms with Crippen LogP contribution in [0.5, 0.6) is 0 Å². The topological polar surface area (TPSA) is 41.5 Å². The molecular weight excluding hydrogens is 214 g/mol. The van der Waals surface area contributed by atoms with Gasteiger partial charge in [0.15, 0.2) is 0 Å². The van der Waals surface area contributed by atoms with Gasteiger partial charge in [0.2, 0.25) is 0 Å². The van der Waals surface area contributed by atoms with Crippen molar-refractivity contribution in [3.63, 3.8) is 0 Å². The molecule has 0 bridgehead atoms. The first-order valence-electron chi connectivity index (χ1n) is 7.30. The van der Waals surface area contributed by atoms with Gasteiger partial charge in [-0.25, -0.2) is 0 Å². The Balaban J connectivity index is 1.41. The first-order chi connectivity index (χ1) is 8.30. The first-order valence-corrected chi connectivity index (χ1v) is 7.30. The minimum Gasteiger partial charge on any atom is -0.394 e. The van der Waals surface area contributed by atoms with Crippen molar-refractivity contribution in [1.29, 1.82) is 0 Å². The normalized spacial score (nSPS) is 37.6. The van der Waals surface area contributed by atoms with Crippen molar-refractivity contribution >= 4 is 0 Å². The Morgan fingerprint density at radius 3 is 2.65 bits per heavy atom. The number of hydrogen-bond acceptors (Lipinski definition) is 3. The average Bonchev–Trinajstić information content (AvgIpc) is 3.22. The van der Waals surface area contributed by atoms with Crippen LogP contribution in [-0.2, 0) is 4.74 Å². The first kappa shape index (κ1) is 11.9. The molecule has 2 unspecified atom stereocenters. The predicted molar refractivity (Wildman–Crippen MR) is 66.9 cm³/mol. The predicted octanol–water partition coefficient (Wildman–Crippen LogP) is 1.84. The van der Waals surface area contributed by atoms with E-state index in [0.29, 0.717) is 12.1 Å². The van der Waals surface area contributed by atoms with E-state index in [9.17, 15) is 5.11 Å². The Hall–Kier alpha value is -0.120. The third kappa shape index (κ3) is 3.21. The molecule has 3 nitrogen and oxygen atoms in total. The molecule has 0 heterocycles. The molecule has 3 fully saturated rings. The molecule has 3 aliphatic rings. The Morgan fingerprint density at radius 2 is 2.00 bits per heavy atom. The Labute approximate surface area is 104 Å². The molecule has 3 rings (SSSR count). The zero-order valence-electron chi connectivity index (χ0n) is 10.7. The summed E-state index contributed by atoms with van der Waals surface area (Å²) in [6.45, 7) is 1.20. The van der Waals surface area contributed by atoms with Crippen LogP contribution < -0.4 is 5.32 Å². The molecule has 0 spiro atoms. The van der Waals surface area contributed by atoms with Crippen molar-refractivity contribution in [2.45, 2.75) is 69.1 Å². The number of aliphatic hydroxyl groups excluding tert-OH is 1. The molecular formula is C14H25NO2. The zero-order valence-corrected chi connectivity index (χ0v) is 10.7. The summed E-state index contributed by atoms with van der Waals surface area (Å²) < 4.78 is 5.96. The van der Waals surface area contributed by atoms with Crippen LogP contribution in [0.3, 0.4) is 0 Å². The van der Waals surface area contributed by atoms with Gasteiger partial charge in [-0.15, -0.1) is 0 Å². The molecule has 2 atom stereocenters. The number of rotatable bonds is 7. The van der Waals surface area contributed by atoms with Crippen LogP contribution in [0.2, 0.25) is 0 Å². The highest BCUT2D eigenvalue weighted by Gasteiger charge is 2.42. The number of aliphatic hydroxyl groups is 1. The van der Waals surface area contributed by atoms with Crippen LogP contribution >= 0.6 is 0 Å². The largest absolute Gasteiger partial charge is 0.394 e. The van der Waals surface area contributed by atoms with Crippen molar-refractivity contribution in [2.24, 2.45) is 5.92 Å². The lowest BCUT2D eigenvalue weighted by atomic mass is 9.98. The van der Waals surface area contributed by atoms with E-state index in [1.165, 1.54) is 32.1 Å². The fourth-order valence-corrected chi connectivity index (χ4v) is 3.01. The smallest absolute Gasteiger partial charge is 0.0614 e. The van der Waals surface area contributed by atoms with Crippen molar-refractivity contribution in [3.8, 4) is 0 Å². The molecule has 0 aliphatic heterocycles. The van der Waals surface area contributed by atoms with Crippen molar-refractivity contribution in [2.75, 3.05) is 13.2 Å². The molecule has 0 aromatic carbocycles. The van der Waals surface area contributed by atoms with Gasteiger partial charge < -0.3 is 15.2 Å². The second kappa shape index (κ2) is 4.87. The number of ether oxygens (including phenoxy) is 1. The Kier molecular flexibility index (Phi) is 3.42. The van der Waals surface area contributed by atoms with Gasteiger partial charge in [0.25, 0.3) is 0 Å². The van der Waals surface area contributed by atoms with E-state index in [1.54, 1.807) is 0 Å². The van der Waals surface area contributed by atoms with Crippen LogP contribution in [0.25, 0.3) is 0 Å². The van der Waals surface area contributed by atoms with Crippen LogP contribution in [0.4, 0.5) is 0 Å². The molecule has 3 aliphatic carbocycles. The van der Waals surface area contributed by atoms with Gasteiger partial charge in [-0.1, -0.05) is 12.8 Å². The van der Waals surface area contributed by atoms with Crippen LogP contribution in [-0.4, -0.2) is 36.0 Å². The molecule has 98 valence electrons. The van der Waals surface area contributed by atoms with E-state index in [1.807, 2.05) is 0 Å². The van der Waals surface area contributed by atoms with Gasteiger partial charge >= 0.3 is 0 Å². The maximum Gasteiger partial charge on any atom is 0.0614 e. The van der Waals surface area contributed by atoms with Gasteiger partial charge in [-0.05, 0) is 44.4 Å². The van der Waals surface area contributed by atoms with Crippen molar-refractivity contribution < 1.29 is 9.84 Å². The summed E-state index contributed by atoms with van der Waals surface area (Å²) >= 11 is 0. The average molecular weight is 239 g/mol. The minimum atomic E-state index is -0.0224. The van der Waals surface area contributed by atoms with Gasteiger partial charge in [0.1, 0.15) is 0 Å². The van der Waals surface area contributed by atoms with Crippen molar-refractivity contribution in [1.82, 2.24) is 5.32 Å². The van der Waals surface area contributed by atoms with Crippen molar-refractivity contribution in [3.05, 3.63) is 0 Å². The fraction of sp³-hybridized carbons (Fsp3) is 1.00. The van der Waals surface area contributed by atoms with Crippen LogP contribution in [0.15, 0.2) is 0 Å². The molecule has 0 radical (unpaired) electrons. The Morgan fingerprint density at radius 1 is 1.18 bits per heavy atom. The van der Waals surface area contributed by atoms with Crippen LogP contribution in [0.1, 0.15) is 51.4 Å². The maximum atomic E-state index is 9.62. The highest BCUT2D eigenvalue weighted by atomic mass is 16.5. The standard InChI is InChI=1S/C14H25NO2/c16-10-14(15-12-3-4-12)7-5-13(9-14)17-8-6-11-1-2-11/h11-13,15-16H,1-10H2. The number of nitrogens with one attached hydrogen (secondary N) is 1. The van der Waals surface area contributed by atoms with E-state index in [2.05, 4.69) is 5.32 Å². The lowest BCUT2D eigenvalue weighted by Crippen LogP contribution is -2.48. The third-order valence-electron chi connectivity index (χ3n) is 4.53. The molecule has 0 aromatic rings. The molecule has 3 saturated carbocycles. The van der Waals surface area contributed by atoms with E-state index in [-0.39, 0.29) is 12.1 Å².